The van der Waals surface area contributed by atoms with E-state index in [1.165, 1.54) is 180 Å². The number of hydrogen-bond donors (Lipinski definition) is 0. The van der Waals surface area contributed by atoms with Crippen molar-refractivity contribution in [2.75, 3.05) is 13.2 Å². The molecule has 1 unspecified atom stereocenters. The Balaban J connectivity index is 4.05. The van der Waals surface area contributed by atoms with E-state index >= 15 is 0 Å². The summed E-state index contributed by atoms with van der Waals surface area (Å²) in [6, 6.07) is 0. The molecule has 67 heavy (non-hydrogen) atoms. The summed E-state index contributed by atoms with van der Waals surface area (Å²) in [5.41, 5.74) is 0. The molecule has 6 heteroatoms. The highest BCUT2D eigenvalue weighted by molar-refractivity contribution is 5.71. The van der Waals surface area contributed by atoms with Gasteiger partial charge in [-0.15, -0.1) is 0 Å². The first-order valence-electron chi connectivity index (χ1n) is 29.1. The molecule has 6 nitrogen and oxygen atoms in total. The molecule has 0 saturated carbocycles. The fourth-order valence-corrected chi connectivity index (χ4v) is 8.49. The fraction of sp³-hybridized carbons (Fsp3) is 0.820. The number of hydrogen-bond acceptors (Lipinski definition) is 6. The van der Waals surface area contributed by atoms with Crippen LogP contribution in [0, 0.1) is 0 Å². The van der Waals surface area contributed by atoms with Crippen molar-refractivity contribution in [3.05, 3.63) is 48.6 Å². The number of esters is 3. The molecular weight excluding hydrogens is 829 g/mol. The molecule has 1 atom stereocenters. The summed E-state index contributed by atoms with van der Waals surface area (Å²) in [4.78, 5) is 37.9. The van der Waals surface area contributed by atoms with E-state index in [1.54, 1.807) is 0 Å². The smallest absolute Gasteiger partial charge is 0.306 e. The van der Waals surface area contributed by atoms with Gasteiger partial charge in [0.25, 0.3) is 0 Å². The predicted molar refractivity (Wildman–Crippen MR) is 289 cm³/mol. The van der Waals surface area contributed by atoms with Crippen LogP contribution >= 0.6 is 0 Å². The first-order chi connectivity index (χ1) is 33.0. The lowest BCUT2D eigenvalue weighted by atomic mass is 10.0. The van der Waals surface area contributed by atoms with Gasteiger partial charge in [0.1, 0.15) is 13.2 Å². The van der Waals surface area contributed by atoms with E-state index in [9.17, 15) is 14.4 Å². The summed E-state index contributed by atoms with van der Waals surface area (Å²) in [5.74, 6) is -0.864. The van der Waals surface area contributed by atoms with Gasteiger partial charge >= 0.3 is 17.9 Å². The maximum atomic E-state index is 12.8. The Morgan fingerprint density at radius 2 is 0.582 bits per heavy atom. The van der Waals surface area contributed by atoms with Crippen LogP contribution in [-0.4, -0.2) is 37.2 Å². The van der Waals surface area contributed by atoms with E-state index in [2.05, 4.69) is 69.4 Å². The molecule has 0 radical (unpaired) electrons. The van der Waals surface area contributed by atoms with Gasteiger partial charge in [-0.2, -0.15) is 0 Å². The lowest BCUT2D eigenvalue weighted by Gasteiger charge is -2.18. The number of carbonyl (C=O) groups excluding carboxylic acids is 3. The van der Waals surface area contributed by atoms with Gasteiger partial charge in [-0.05, 0) is 57.8 Å². The van der Waals surface area contributed by atoms with Crippen LogP contribution in [0.4, 0.5) is 0 Å². The average Bonchev–Trinajstić information content (AvgIpc) is 3.33. The van der Waals surface area contributed by atoms with Crippen LogP contribution in [0.2, 0.25) is 0 Å². The molecular formula is C61H110O6. The van der Waals surface area contributed by atoms with Gasteiger partial charge in [0.2, 0.25) is 0 Å². The minimum atomic E-state index is -0.766. The van der Waals surface area contributed by atoms with Crippen molar-refractivity contribution in [1.29, 1.82) is 0 Å². The number of carbonyl (C=O) groups is 3. The van der Waals surface area contributed by atoms with E-state index in [4.69, 9.17) is 14.2 Å². The van der Waals surface area contributed by atoms with Crippen LogP contribution < -0.4 is 0 Å². The SMILES string of the molecule is CC/C=C\C/C=C\C/C=C\C/C=C\CCCCCCCCCCCCCCCCC(=O)OCC(COC(=O)CCCCCCCC)OC(=O)CCCCCCCCCCCCCCCCCC. The van der Waals surface area contributed by atoms with Gasteiger partial charge in [-0.1, -0.05) is 275 Å². The highest BCUT2D eigenvalue weighted by Gasteiger charge is 2.19. The molecule has 0 heterocycles. The van der Waals surface area contributed by atoms with E-state index in [1.807, 2.05) is 0 Å². The van der Waals surface area contributed by atoms with E-state index < -0.39 is 6.10 Å². The third-order valence-corrected chi connectivity index (χ3v) is 12.8. The van der Waals surface area contributed by atoms with Crippen molar-refractivity contribution in [2.24, 2.45) is 0 Å². The Hall–Kier alpha value is -2.63. The van der Waals surface area contributed by atoms with E-state index in [-0.39, 0.29) is 31.1 Å². The zero-order valence-electron chi connectivity index (χ0n) is 44.7. The first kappa shape index (κ1) is 64.4. The molecule has 0 saturated heterocycles. The van der Waals surface area contributed by atoms with Crippen molar-refractivity contribution in [3.8, 4) is 0 Å². The predicted octanol–water partition coefficient (Wildman–Crippen LogP) is 19.4. The highest BCUT2D eigenvalue weighted by atomic mass is 16.6. The minimum absolute atomic E-state index is 0.0689. The van der Waals surface area contributed by atoms with Crippen LogP contribution in [0.15, 0.2) is 48.6 Å². The standard InChI is InChI=1S/C61H110O6/c1-4-7-10-13-16-18-20-22-24-26-27-28-29-30-31-32-33-34-35-36-38-39-41-43-45-48-51-54-60(63)66-57-58(56-65-59(62)53-50-47-15-12-9-6-3)67-61(64)55-52-49-46-44-42-40-37-25-23-21-19-17-14-11-8-5-2/h7,10,16,18,22,24,27-28,58H,4-6,8-9,11-15,17,19-21,23,25-26,29-57H2,1-3H3/b10-7-,18-16-,24-22-,28-27-. The lowest BCUT2D eigenvalue weighted by Crippen LogP contribution is -2.30. The molecule has 0 aliphatic rings. The van der Waals surface area contributed by atoms with Gasteiger partial charge in [-0.3, -0.25) is 14.4 Å². The van der Waals surface area contributed by atoms with Crippen molar-refractivity contribution >= 4 is 17.9 Å². The highest BCUT2D eigenvalue weighted by Crippen LogP contribution is 2.17. The molecule has 0 rings (SSSR count). The van der Waals surface area contributed by atoms with Crippen LogP contribution in [0.3, 0.4) is 0 Å². The summed E-state index contributed by atoms with van der Waals surface area (Å²) in [7, 11) is 0. The van der Waals surface area contributed by atoms with Gasteiger partial charge in [-0.25, -0.2) is 0 Å². The molecule has 0 fully saturated rings. The molecule has 0 aromatic rings. The molecule has 0 aliphatic heterocycles. The maximum Gasteiger partial charge on any atom is 0.306 e. The topological polar surface area (TPSA) is 78.9 Å². The van der Waals surface area contributed by atoms with E-state index in [0.29, 0.717) is 19.3 Å². The normalized spacial score (nSPS) is 12.3. The van der Waals surface area contributed by atoms with Crippen molar-refractivity contribution in [2.45, 2.75) is 309 Å². The quantitative estimate of drug-likeness (QED) is 0.0262. The number of rotatable bonds is 53. The maximum absolute atomic E-state index is 12.8. The van der Waals surface area contributed by atoms with Gasteiger partial charge in [0.15, 0.2) is 6.10 Å². The Morgan fingerprint density at radius 1 is 0.313 bits per heavy atom. The lowest BCUT2D eigenvalue weighted by molar-refractivity contribution is -0.167. The second-order valence-electron chi connectivity index (χ2n) is 19.5. The Morgan fingerprint density at radius 3 is 0.910 bits per heavy atom. The van der Waals surface area contributed by atoms with Crippen molar-refractivity contribution in [1.82, 2.24) is 0 Å². The summed E-state index contributed by atoms with van der Waals surface area (Å²) in [6.45, 7) is 6.50. The largest absolute Gasteiger partial charge is 0.462 e. The van der Waals surface area contributed by atoms with Gasteiger partial charge in [0.05, 0.1) is 0 Å². The van der Waals surface area contributed by atoms with Crippen molar-refractivity contribution < 1.29 is 28.6 Å². The first-order valence-corrected chi connectivity index (χ1v) is 29.1. The van der Waals surface area contributed by atoms with Crippen LogP contribution in [0.1, 0.15) is 303 Å². The Labute approximate surface area is 416 Å². The van der Waals surface area contributed by atoms with Crippen LogP contribution in [-0.2, 0) is 28.6 Å². The fourth-order valence-electron chi connectivity index (χ4n) is 8.49. The third kappa shape index (κ3) is 54.2. The summed E-state index contributed by atoms with van der Waals surface area (Å²) < 4.78 is 16.8. The van der Waals surface area contributed by atoms with Gasteiger partial charge in [0, 0.05) is 19.3 Å². The summed E-state index contributed by atoms with van der Waals surface area (Å²) >= 11 is 0. The second-order valence-corrected chi connectivity index (χ2v) is 19.5. The van der Waals surface area contributed by atoms with Crippen molar-refractivity contribution in [3.63, 3.8) is 0 Å². The monoisotopic (exact) mass is 939 g/mol. The number of unbranched alkanes of at least 4 members (excludes halogenated alkanes) is 34. The summed E-state index contributed by atoms with van der Waals surface area (Å²) in [6.07, 6.45) is 68.6. The number of allylic oxidation sites excluding steroid dienone is 8. The molecule has 0 aromatic heterocycles. The zero-order chi connectivity index (χ0) is 48.6. The van der Waals surface area contributed by atoms with Gasteiger partial charge < -0.3 is 14.2 Å². The third-order valence-electron chi connectivity index (χ3n) is 12.8. The molecule has 0 amide bonds. The Bertz CT molecular complexity index is 1170. The van der Waals surface area contributed by atoms with E-state index in [0.717, 1.165) is 83.5 Å². The molecule has 0 aromatic carbocycles. The molecule has 0 bridgehead atoms. The average molecular weight is 940 g/mol. The summed E-state index contributed by atoms with van der Waals surface area (Å²) in [5, 5.41) is 0. The minimum Gasteiger partial charge on any atom is -0.462 e. The van der Waals surface area contributed by atoms with Crippen LogP contribution in [0.25, 0.3) is 0 Å². The molecule has 0 spiro atoms. The number of ether oxygens (including phenoxy) is 3. The molecule has 0 aliphatic carbocycles. The zero-order valence-corrected chi connectivity index (χ0v) is 44.7. The molecule has 0 N–H and O–H groups in total. The Kier molecular flexibility index (Phi) is 53.8. The van der Waals surface area contributed by atoms with Crippen LogP contribution in [0.5, 0.6) is 0 Å². The molecule has 390 valence electrons. The second kappa shape index (κ2) is 56.0.